The highest BCUT2D eigenvalue weighted by atomic mass is 19.1. The first-order valence-electron chi connectivity index (χ1n) is 12.1. The number of Topliss-reactive ketones (excluding diaryl/α,β-unsaturated/α-hetero) is 2. The average Bonchev–Trinajstić information content (AvgIpc) is 3.73. The van der Waals surface area contributed by atoms with Crippen molar-refractivity contribution in [2.45, 2.75) is 25.7 Å². The first-order chi connectivity index (χ1) is 18.3. The number of rotatable bonds is 10. The second kappa shape index (κ2) is 10.0. The molecular weight excluding hydrogens is 489 g/mol. The molecule has 0 bridgehead atoms. The number of halogens is 1. The summed E-state index contributed by atoms with van der Waals surface area (Å²) >= 11 is 0. The Morgan fingerprint density at radius 3 is 2.05 bits per heavy atom. The second-order valence-electron chi connectivity index (χ2n) is 9.34. The minimum atomic E-state index is -1.13. The van der Waals surface area contributed by atoms with Crippen molar-refractivity contribution >= 4 is 28.4 Å². The number of carboxylic acids is 1. The zero-order valence-electron chi connectivity index (χ0n) is 20.6. The van der Waals surface area contributed by atoms with E-state index in [0.717, 1.165) is 5.56 Å². The number of ether oxygens (including phenoxy) is 2. The van der Waals surface area contributed by atoms with E-state index >= 15 is 0 Å². The van der Waals surface area contributed by atoms with Crippen molar-refractivity contribution in [3.05, 3.63) is 95.4 Å². The molecule has 0 atom stereocenters. The number of aromatic carboxylic acids is 1. The lowest BCUT2D eigenvalue weighted by molar-refractivity contribution is -0.133. The molecule has 1 aliphatic rings. The third kappa shape index (κ3) is 4.98. The average molecular weight is 514 g/mol. The number of benzene rings is 3. The van der Waals surface area contributed by atoms with Crippen LogP contribution in [-0.4, -0.2) is 34.7 Å². The zero-order chi connectivity index (χ0) is 26.9. The number of methoxy groups -OCH3 is 1. The van der Waals surface area contributed by atoms with Gasteiger partial charge in [0, 0.05) is 30.5 Å². The third-order valence-electron chi connectivity index (χ3n) is 6.86. The van der Waals surface area contributed by atoms with Crippen LogP contribution in [0, 0.1) is 11.2 Å². The molecule has 1 N–H and O–H groups in total. The van der Waals surface area contributed by atoms with E-state index in [1.54, 1.807) is 54.7 Å². The summed E-state index contributed by atoms with van der Waals surface area (Å²) in [7, 11) is 1.40. The van der Waals surface area contributed by atoms with Gasteiger partial charge < -0.3 is 14.6 Å². The smallest absolute Gasteiger partial charge is 0.339 e. The van der Waals surface area contributed by atoms with Gasteiger partial charge in [-0.3, -0.25) is 14.6 Å². The van der Waals surface area contributed by atoms with Crippen LogP contribution in [0.5, 0.6) is 17.2 Å². The van der Waals surface area contributed by atoms with E-state index in [-0.39, 0.29) is 41.5 Å². The first kappa shape index (κ1) is 25.1. The van der Waals surface area contributed by atoms with Crippen LogP contribution in [0.3, 0.4) is 0 Å². The quantitative estimate of drug-likeness (QED) is 0.276. The molecule has 0 spiro atoms. The van der Waals surface area contributed by atoms with E-state index in [1.807, 2.05) is 0 Å². The van der Waals surface area contributed by atoms with Gasteiger partial charge in [0.05, 0.1) is 18.0 Å². The van der Waals surface area contributed by atoms with Gasteiger partial charge in [-0.15, -0.1) is 0 Å². The van der Waals surface area contributed by atoms with Gasteiger partial charge in [0.25, 0.3) is 0 Å². The Hall–Kier alpha value is -4.59. The van der Waals surface area contributed by atoms with Crippen molar-refractivity contribution in [2.24, 2.45) is 5.41 Å². The van der Waals surface area contributed by atoms with Gasteiger partial charge in [-0.25, -0.2) is 9.18 Å². The van der Waals surface area contributed by atoms with E-state index in [9.17, 15) is 23.9 Å². The fraction of sp³-hybridized carbons (Fsp3) is 0.200. The number of hydrogen-bond acceptors (Lipinski definition) is 6. The van der Waals surface area contributed by atoms with Gasteiger partial charge >= 0.3 is 5.97 Å². The van der Waals surface area contributed by atoms with Gasteiger partial charge in [-0.2, -0.15) is 0 Å². The highest BCUT2D eigenvalue weighted by Crippen LogP contribution is 2.48. The summed E-state index contributed by atoms with van der Waals surface area (Å²) in [4.78, 5) is 41.9. The van der Waals surface area contributed by atoms with Crippen LogP contribution in [0.2, 0.25) is 0 Å². The maximum atomic E-state index is 13.2. The summed E-state index contributed by atoms with van der Waals surface area (Å²) in [6.45, 7) is 0. The van der Waals surface area contributed by atoms with Crippen LogP contribution in [0.1, 0.15) is 34.3 Å². The highest BCUT2D eigenvalue weighted by Gasteiger charge is 2.54. The molecular formula is C30H24FNO6. The number of ketones is 2. The van der Waals surface area contributed by atoms with Crippen molar-refractivity contribution < 1.29 is 33.4 Å². The molecule has 5 rings (SSSR count). The van der Waals surface area contributed by atoms with Crippen LogP contribution in [0.25, 0.3) is 10.9 Å². The van der Waals surface area contributed by atoms with Crippen molar-refractivity contribution in [1.29, 1.82) is 0 Å². The predicted molar refractivity (Wildman–Crippen MR) is 137 cm³/mol. The van der Waals surface area contributed by atoms with E-state index in [2.05, 4.69) is 4.98 Å². The molecule has 7 nitrogen and oxygen atoms in total. The van der Waals surface area contributed by atoms with E-state index in [1.165, 1.54) is 25.3 Å². The fourth-order valence-corrected chi connectivity index (χ4v) is 4.53. The van der Waals surface area contributed by atoms with Crippen molar-refractivity contribution in [1.82, 2.24) is 4.98 Å². The molecule has 0 unspecified atom stereocenters. The SMILES string of the molecule is COc1cc2nccc(Oc3ccc(CC(=O)C4(C(=O)Cc5ccc(F)cc5)CC4)cc3)c2cc1C(=O)O. The topological polar surface area (TPSA) is 103 Å². The third-order valence-corrected chi connectivity index (χ3v) is 6.86. The Kier molecular flexibility index (Phi) is 6.63. The number of pyridine rings is 1. The summed E-state index contributed by atoms with van der Waals surface area (Å²) in [5, 5.41) is 10.0. The minimum absolute atomic E-state index is 0.00492. The Balaban J connectivity index is 1.28. The van der Waals surface area contributed by atoms with Gasteiger partial charge in [0.15, 0.2) is 11.6 Å². The van der Waals surface area contributed by atoms with Gasteiger partial charge in [0.1, 0.15) is 28.6 Å². The Labute approximate surface area is 217 Å². The fourth-order valence-electron chi connectivity index (χ4n) is 4.53. The summed E-state index contributed by atoms with van der Waals surface area (Å²) in [5.74, 6) is -0.620. The number of hydrogen-bond donors (Lipinski definition) is 1. The summed E-state index contributed by atoms with van der Waals surface area (Å²) in [6.07, 6.45) is 2.85. The molecule has 0 radical (unpaired) electrons. The number of aromatic nitrogens is 1. The van der Waals surface area contributed by atoms with Crippen molar-refractivity contribution in [3.63, 3.8) is 0 Å². The molecule has 0 saturated heterocycles. The molecule has 1 aromatic heterocycles. The van der Waals surface area contributed by atoms with Crippen LogP contribution < -0.4 is 9.47 Å². The largest absolute Gasteiger partial charge is 0.496 e. The van der Waals surface area contributed by atoms with Crippen LogP contribution in [-0.2, 0) is 22.4 Å². The van der Waals surface area contributed by atoms with Crippen LogP contribution >= 0.6 is 0 Å². The number of fused-ring (bicyclic) bond motifs is 1. The van der Waals surface area contributed by atoms with E-state index in [0.29, 0.717) is 40.8 Å². The Morgan fingerprint density at radius 1 is 0.895 bits per heavy atom. The monoisotopic (exact) mass is 513 g/mol. The lowest BCUT2D eigenvalue weighted by Crippen LogP contribution is -2.28. The second-order valence-corrected chi connectivity index (χ2v) is 9.34. The Morgan fingerprint density at radius 2 is 1.50 bits per heavy atom. The van der Waals surface area contributed by atoms with Gasteiger partial charge in [-0.05, 0) is 60.4 Å². The molecule has 3 aromatic carbocycles. The summed E-state index contributed by atoms with van der Waals surface area (Å²) < 4.78 is 24.3. The number of carbonyl (C=O) groups excluding carboxylic acids is 2. The summed E-state index contributed by atoms with van der Waals surface area (Å²) in [5.41, 5.74) is 0.999. The molecule has 8 heteroatoms. The molecule has 1 aliphatic carbocycles. The molecule has 1 heterocycles. The highest BCUT2D eigenvalue weighted by molar-refractivity contribution is 6.11. The number of nitrogens with zero attached hydrogens (tertiary/aromatic N) is 1. The zero-order valence-corrected chi connectivity index (χ0v) is 20.6. The molecule has 1 saturated carbocycles. The van der Waals surface area contributed by atoms with Gasteiger partial charge in [-0.1, -0.05) is 24.3 Å². The molecule has 38 heavy (non-hydrogen) atoms. The standard InChI is InChI=1S/C30H24FNO6/c1-37-26-17-24-22(16-23(26)29(35)36)25(10-13-32-24)38-21-8-4-19(5-9-21)15-28(34)30(11-12-30)27(33)14-18-2-6-20(31)7-3-18/h2-10,13,16-17H,11-12,14-15H2,1H3,(H,35,36). The Bertz CT molecular complexity index is 1540. The van der Waals surface area contributed by atoms with Crippen molar-refractivity contribution in [3.8, 4) is 17.2 Å². The lowest BCUT2D eigenvalue weighted by Gasteiger charge is -2.14. The molecule has 192 valence electrons. The normalized spacial score (nSPS) is 13.6. The van der Waals surface area contributed by atoms with Crippen molar-refractivity contribution in [2.75, 3.05) is 7.11 Å². The number of carbonyl (C=O) groups is 3. The van der Waals surface area contributed by atoms with E-state index < -0.39 is 11.4 Å². The van der Waals surface area contributed by atoms with Gasteiger partial charge in [0.2, 0.25) is 0 Å². The summed E-state index contributed by atoms with van der Waals surface area (Å²) in [6, 6.07) is 17.4. The molecule has 1 fully saturated rings. The minimum Gasteiger partial charge on any atom is -0.496 e. The molecule has 0 aliphatic heterocycles. The number of carboxylic acid groups (broad SMARTS) is 1. The first-order valence-corrected chi connectivity index (χ1v) is 12.1. The maximum absolute atomic E-state index is 13.2. The molecule has 4 aromatic rings. The van der Waals surface area contributed by atoms with Crippen LogP contribution in [0.4, 0.5) is 4.39 Å². The maximum Gasteiger partial charge on any atom is 0.339 e. The lowest BCUT2D eigenvalue weighted by atomic mass is 9.88. The van der Waals surface area contributed by atoms with Crippen LogP contribution in [0.15, 0.2) is 72.9 Å². The van der Waals surface area contributed by atoms with E-state index in [4.69, 9.17) is 9.47 Å². The molecule has 0 amide bonds. The predicted octanol–water partition coefficient (Wildman–Crippen LogP) is 5.58.